The van der Waals surface area contributed by atoms with Gasteiger partial charge in [-0.25, -0.2) is 0 Å². The van der Waals surface area contributed by atoms with Gasteiger partial charge in [-0.15, -0.1) is 0 Å². The van der Waals surface area contributed by atoms with Crippen molar-refractivity contribution < 1.29 is 4.74 Å². The molecular formula is C16H29NO. The Labute approximate surface area is 113 Å². The highest BCUT2D eigenvalue weighted by molar-refractivity contribution is 4.81. The van der Waals surface area contributed by atoms with Crippen molar-refractivity contribution in [2.75, 3.05) is 13.2 Å². The third-order valence-corrected chi connectivity index (χ3v) is 2.91. The highest BCUT2D eigenvalue weighted by Crippen LogP contribution is 2.05. The third-order valence-electron chi connectivity index (χ3n) is 2.91. The molecule has 0 aliphatic carbocycles. The van der Waals surface area contributed by atoms with Gasteiger partial charge in [0, 0.05) is 6.61 Å². The Morgan fingerprint density at radius 2 is 1.56 bits per heavy atom. The molecule has 0 N–H and O–H groups in total. The number of nitrogens with zero attached hydrogens (tertiary/aromatic N) is 1. The van der Waals surface area contributed by atoms with Crippen molar-refractivity contribution in [1.29, 1.82) is 5.26 Å². The van der Waals surface area contributed by atoms with E-state index in [2.05, 4.69) is 25.1 Å². The molecule has 2 heteroatoms. The van der Waals surface area contributed by atoms with E-state index in [4.69, 9.17) is 10.00 Å². The Morgan fingerprint density at radius 3 is 2.22 bits per heavy atom. The molecule has 0 amide bonds. The summed E-state index contributed by atoms with van der Waals surface area (Å²) in [5, 5.41) is 8.32. The zero-order valence-electron chi connectivity index (χ0n) is 12.0. The Morgan fingerprint density at radius 1 is 0.889 bits per heavy atom. The lowest BCUT2D eigenvalue weighted by atomic mass is 10.1. The van der Waals surface area contributed by atoms with E-state index >= 15 is 0 Å². The fourth-order valence-corrected chi connectivity index (χ4v) is 1.79. The first-order valence-electron chi connectivity index (χ1n) is 7.51. The van der Waals surface area contributed by atoms with Crippen LogP contribution in [0, 0.1) is 11.3 Å². The van der Waals surface area contributed by atoms with Crippen molar-refractivity contribution in [3.8, 4) is 6.07 Å². The van der Waals surface area contributed by atoms with E-state index in [1.165, 1.54) is 51.4 Å². The number of unbranched alkanes of at least 4 members (excludes halogenated alkanes) is 7. The zero-order chi connectivity index (χ0) is 13.3. The van der Waals surface area contributed by atoms with Crippen LogP contribution in [0.3, 0.4) is 0 Å². The topological polar surface area (TPSA) is 33.0 Å². The number of nitriles is 1. The summed E-state index contributed by atoms with van der Waals surface area (Å²) in [4.78, 5) is 0. The Bertz CT molecular complexity index is 218. The summed E-state index contributed by atoms with van der Waals surface area (Å²) in [7, 11) is 0. The highest BCUT2D eigenvalue weighted by atomic mass is 16.5. The van der Waals surface area contributed by atoms with Gasteiger partial charge in [0.05, 0.1) is 19.1 Å². The predicted octanol–water partition coefficient (Wildman–Crippen LogP) is 5.00. The molecule has 0 aliphatic rings. The van der Waals surface area contributed by atoms with Crippen molar-refractivity contribution in [2.45, 2.75) is 71.1 Å². The molecule has 2 nitrogen and oxygen atoms in total. The molecule has 0 radical (unpaired) electrons. The first-order valence-corrected chi connectivity index (χ1v) is 7.51. The highest BCUT2D eigenvalue weighted by Gasteiger charge is 1.90. The molecular weight excluding hydrogens is 222 g/mol. The lowest BCUT2D eigenvalue weighted by Crippen LogP contribution is -1.95. The summed E-state index contributed by atoms with van der Waals surface area (Å²) in [6, 6.07) is 2.08. The van der Waals surface area contributed by atoms with E-state index in [0.29, 0.717) is 13.0 Å². The van der Waals surface area contributed by atoms with Gasteiger partial charge in [0.25, 0.3) is 0 Å². The van der Waals surface area contributed by atoms with Gasteiger partial charge < -0.3 is 4.74 Å². The molecule has 0 spiro atoms. The maximum absolute atomic E-state index is 8.32. The van der Waals surface area contributed by atoms with Gasteiger partial charge in [-0.2, -0.15) is 5.26 Å². The predicted molar refractivity (Wildman–Crippen MR) is 77.4 cm³/mol. The second-order valence-corrected chi connectivity index (χ2v) is 4.69. The molecule has 0 heterocycles. The SMILES string of the molecule is CCCCC/C=C/CCCCCCOCCC#N. The van der Waals surface area contributed by atoms with Crippen molar-refractivity contribution in [1.82, 2.24) is 0 Å². The summed E-state index contributed by atoms with van der Waals surface area (Å²) in [6.07, 6.45) is 16.6. The van der Waals surface area contributed by atoms with Crippen molar-refractivity contribution in [2.24, 2.45) is 0 Å². The van der Waals surface area contributed by atoms with E-state index < -0.39 is 0 Å². The van der Waals surface area contributed by atoms with E-state index in [1.807, 2.05) is 0 Å². The molecule has 0 aromatic rings. The summed E-state index contributed by atoms with van der Waals surface area (Å²) in [5.41, 5.74) is 0. The van der Waals surface area contributed by atoms with Crippen LogP contribution in [0.1, 0.15) is 71.1 Å². The van der Waals surface area contributed by atoms with Crippen LogP contribution in [0.15, 0.2) is 12.2 Å². The third kappa shape index (κ3) is 15.2. The van der Waals surface area contributed by atoms with Crippen molar-refractivity contribution >= 4 is 0 Å². The van der Waals surface area contributed by atoms with Crippen LogP contribution in [0.5, 0.6) is 0 Å². The van der Waals surface area contributed by atoms with Gasteiger partial charge in [-0.1, -0.05) is 44.8 Å². The monoisotopic (exact) mass is 251 g/mol. The number of allylic oxidation sites excluding steroid dienone is 2. The van der Waals surface area contributed by atoms with Gasteiger partial charge in [0.15, 0.2) is 0 Å². The molecule has 0 bridgehead atoms. The van der Waals surface area contributed by atoms with E-state index in [0.717, 1.165) is 13.0 Å². The lowest BCUT2D eigenvalue weighted by molar-refractivity contribution is 0.135. The quantitative estimate of drug-likeness (QED) is 0.341. The number of rotatable bonds is 13. The summed E-state index contributed by atoms with van der Waals surface area (Å²) in [6.45, 7) is 3.65. The maximum Gasteiger partial charge on any atom is 0.0645 e. The molecule has 0 saturated heterocycles. The van der Waals surface area contributed by atoms with Crippen LogP contribution in [0.25, 0.3) is 0 Å². The molecule has 0 aliphatic heterocycles. The first kappa shape index (κ1) is 17.2. The fraction of sp³-hybridized carbons (Fsp3) is 0.812. The minimum absolute atomic E-state index is 0.517. The minimum Gasteiger partial charge on any atom is -0.380 e. The van der Waals surface area contributed by atoms with Crippen LogP contribution in [0.4, 0.5) is 0 Å². The maximum atomic E-state index is 8.32. The molecule has 0 aromatic heterocycles. The number of ether oxygens (including phenoxy) is 1. The Kier molecular flexibility index (Phi) is 15.5. The second kappa shape index (κ2) is 16.2. The van der Waals surface area contributed by atoms with E-state index in [-0.39, 0.29) is 0 Å². The van der Waals surface area contributed by atoms with Gasteiger partial charge >= 0.3 is 0 Å². The lowest BCUT2D eigenvalue weighted by Gasteiger charge is -2.01. The van der Waals surface area contributed by atoms with Crippen LogP contribution in [0.2, 0.25) is 0 Å². The zero-order valence-corrected chi connectivity index (χ0v) is 12.0. The molecule has 0 fully saturated rings. The van der Waals surface area contributed by atoms with Crippen molar-refractivity contribution in [3.05, 3.63) is 12.2 Å². The van der Waals surface area contributed by atoms with Gasteiger partial charge in [0.1, 0.15) is 0 Å². The molecule has 18 heavy (non-hydrogen) atoms. The normalized spacial score (nSPS) is 10.9. The van der Waals surface area contributed by atoms with Gasteiger partial charge in [0.2, 0.25) is 0 Å². The number of hydrogen-bond donors (Lipinski definition) is 0. The molecule has 104 valence electrons. The van der Waals surface area contributed by atoms with Gasteiger partial charge in [-0.05, 0) is 32.1 Å². The average molecular weight is 251 g/mol. The fourth-order valence-electron chi connectivity index (χ4n) is 1.79. The first-order chi connectivity index (χ1) is 8.91. The van der Waals surface area contributed by atoms with Crippen LogP contribution in [-0.2, 0) is 4.74 Å². The smallest absolute Gasteiger partial charge is 0.0645 e. The second-order valence-electron chi connectivity index (χ2n) is 4.69. The molecule has 0 rings (SSSR count). The Balaban J connectivity index is 3.00. The summed E-state index contributed by atoms with van der Waals surface area (Å²) < 4.78 is 5.32. The average Bonchev–Trinajstić information content (AvgIpc) is 2.39. The van der Waals surface area contributed by atoms with E-state index in [1.54, 1.807) is 0 Å². The summed E-state index contributed by atoms with van der Waals surface area (Å²) in [5.74, 6) is 0. The standard InChI is InChI=1S/C16H29NO/c1-2-3-4-5-6-7-8-9-10-11-12-15-18-16-13-14-17/h6-7H,2-5,8-13,15-16H2,1H3/b7-6+. The van der Waals surface area contributed by atoms with Crippen LogP contribution in [-0.4, -0.2) is 13.2 Å². The van der Waals surface area contributed by atoms with Crippen LogP contribution >= 0.6 is 0 Å². The van der Waals surface area contributed by atoms with Gasteiger partial charge in [-0.3, -0.25) is 0 Å². The van der Waals surface area contributed by atoms with Crippen molar-refractivity contribution in [3.63, 3.8) is 0 Å². The van der Waals surface area contributed by atoms with E-state index in [9.17, 15) is 0 Å². The van der Waals surface area contributed by atoms with Crippen LogP contribution < -0.4 is 0 Å². The summed E-state index contributed by atoms with van der Waals surface area (Å²) >= 11 is 0. The largest absolute Gasteiger partial charge is 0.380 e. The Hall–Kier alpha value is -0.810. The molecule has 0 atom stereocenters. The molecule has 0 unspecified atom stereocenters. The number of hydrogen-bond acceptors (Lipinski definition) is 2. The molecule has 0 saturated carbocycles. The molecule has 0 aromatic carbocycles. The minimum atomic E-state index is 0.517.